The third kappa shape index (κ3) is 11.2. The fourth-order valence-corrected chi connectivity index (χ4v) is 9.12. The van der Waals surface area contributed by atoms with Crippen LogP contribution in [0.1, 0.15) is 72.9 Å². The summed E-state index contributed by atoms with van der Waals surface area (Å²) >= 11 is 0. The van der Waals surface area contributed by atoms with E-state index in [4.69, 9.17) is 9.47 Å². The van der Waals surface area contributed by atoms with Gasteiger partial charge in [-0.05, 0) is 139 Å². The molecular weight excluding hydrogens is 637 g/mol. The normalized spacial score (nSPS) is 12.7. The molecule has 0 spiro atoms. The highest BCUT2D eigenvalue weighted by Crippen LogP contribution is 2.41. The maximum Gasteiger partial charge on any atom is 0.120 e. The van der Waals surface area contributed by atoms with Gasteiger partial charge in [-0.1, -0.05) is 67.4 Å². The van der Waals surface area contributed by atoms with Crippen LogP contribution in [0.25, 0.3) is 0 Å². The first-order valence-corrected chi connectivity index (χ1v) is 19.2. The van der Waals surface area contributed by atoms with Crippen LogP contribution in [0, 0.1) is 0 Å². The molecule has 0 heterocycles. The Morgan fingerprint density at radius 1 is 0.511 bits per heavy atom. The molecule has 0 radical (unpaired) electrons. The number of aromatic hydroxyl groups is 1. The number of hydrogen-bond acceptors (Lipinski definition) is 8. The third-order valence-electron chi connectivity index (χ3n) is 7.02. The molecule has 0 saturated heterocycles. The molecule has 4 rings (SSSR count). The molecule has 0 unspecified atom stereocenters. The highest BCUT2D eigenvalue weighted by Gasteiger charge is 2.36. The second kappa shape index (κ2) is 14.7. The number of benzene rings is 4. The zero-order chi connectivity index (χ0) is 32.9. The van der Waals surface area contributed by atoms with Crippen molar-refractivity contribution in [2.24, 2.45) is 0 Å². The molecule has 45 heavy (non-hydrogen) atoms. The van der Waals surface area contributed by atoms with Gasteiger partial charge in [-0.15, -0.1) is 0 Å². The van der Waals surface area contributed by atoms with Crippen LogP contribution in [0.15, 0.2) is 117 Å². The lowest BCUT2D eigenvalue weighted by molar-refractivity contribution is -0.149. The molecule has 0 aliphatic rings. The van der Waals surface area contributed by atoms with Crippen LogP contribution in [0.5, 0.6) is 11.5 Å². The number of rotatable bonds is 14. The lowest BCUT2D eigenvalue weighted by atomic mass is 9.89. The van der Waals surface area contributed by atoms with Gasteiger partial charge in [0.2, 0.25) is 0 Å². The molecule has 2 N–H and O–H groups in total. The summed E-state index contributed by atoms with van der Waals surface area (Å²) in [6, 6.07) is 32.1. The first kappa shape index (κ1) is 35.7. The van der Waals surface area contributed by atoms with E-state index in [-0.39, 0.29) is 5.75 Å². The fraction of sp³-hybridized carbons (Fsp3) is 0.351. The maximum atomic E-state index is 10.2. The van der Waals surface area contributed by atoms with Gasteiger partial charge in [0, 0.05) is 26.0 Å². The van der Waals surface area contributed by atoms with Crippen molar-refractivity contribution in [2.75, 3.05) is 0 Å². The third-order valence-corrected chi connectivity index (χ3v) is 11.9. The lowest BCUT2D eigenvalue weighted by Gasteiger charge is -2.41. The van der Waals surface area contributed by atoms with Gasteiger partial charge in [0.25, 0.3) is 0 Å². The summed E-state index contributed by atoms with van der Waals surface area (Å²) in [6.07, 6.45) is 0.702. The minimum Gasteiger partial charge on any atom is -0.508 e. The minimum atomic E-state index is -0.834. The van der Waals surface area contributed by atoms with Crippen molar-refractivity contribution in [2.45, 2.75) is 104 Å². The maximum absolute atomic E-state index is 10.2. The van der Waals surface area contributed by atoms with Crippen molar-refractivity contribution in [3.05, 3.63) is 108 Å². The van der Waals surface area contributed by atoms with Crippen LogP contribution in [0.3, 0.4) is 0 Å². The van der Waals surface area contributed by atoms with Gasteiger partial charge in [0.1, 0.15) is 17.1 Å². The molecule has 4 nitrogen and oxygen atoms in total. The number of phenolic OH excluding ortho intramolecular Hbond substituents is 1. The van der Waals surface area contributed by atoms with Crippen molar-refractivity contribution >= 4 is 43.2 Å². The summed E-state index contributed by atoms with van der Waals surface area (Å²) in [5, 5.41) is 19.7. The Kier molecular flexibility index (Phi) is 11.6. The zero-order valence-corrected chi connectivity index (χ0v) is 30.6. The summed E-state index contributed by atoms with van der Waals surface area (Å²) < 4.78 is 13.2. The Balaban J connectivity index is 1.28. The smallest absolute Gasteiger partial charge is 0.120 e. The first-order valence-electron chi connectivity index (χ1n) is 14.9. The predicted molar refractivity (Wildman–Crippen MR) is 194 cm³/mol. The average Bonchev–Trinajstić information content (AvgIpc) is 2.95. The standard InChI is InChI=1S/C37H44O4S4/c1-34(2,40-29-15-23-33(24-16-29)45-42-30-17-9-26(10-18-30)36(5,6)39)25-35(3,4)41-37(7,8)27-11-19-31(20-12-27)43-44-32-21-13-28(38)14-22-32/h9-24,38-39H,25H2,1-8H3. The van der Waals surface area contributed by atoms with E-state index in [0.29, 0.717) is 6.42 Å². The summed E-state index contributed by atoms with van der Waals surface area (Å²) in [5.41, 5.74) is -0.186. The average molecular weight is 681 g/mol. The van der Waals surface area contributed by atoms with Crippen molar-refractivity contribution in [1.82, 2.24) is 0 Å². The zero-order valence-electron chi connectivity index (χ0n) is 27.3. The van der Waals surface area contributed by atoms with Gasteiger partial charge in [0.05, 0.1) is 16.8 Å². The molecule has 0 atom stereocenters. The van der Waals surface area contributed by atoms with E-state index in [1.165, 1.54) is 0 Å². The molecule has 0 aliphatic heterocycles. The summed E-state index contributed by atoms with van der Waals surface area (Å²) in [4.78, 5) is 4.53. The Labute approximate surface area is 284 Å². The van der Waals surface area contributed by atoms with Crippen LogP contribution in [0.2, 0.25) is 0 Å². The quantitative estimate of drug-likeness (QED) is 0.128. The molecule has 0 saturated carbocycles. The monoisotopic (exact) mass is 680 g/mol. The molecule has 0 amide bonds. The molecule has 0 aromatic heterocycles. The van der Waals surface area contributed by atoms with Crippen LogP contribution < -0.4 is 4.74 Å². The van der Waals surface area contributed by atoms with Gasteiger partial charge in [-0.25, -0.2) is 0 Å². The van der Waals surface area contributed by atoms with Gasteiger partial charge < -0.3 is 19.7 Å². The lowest BCUT2D eigenvalue weighted by Crippen LogP contribution is -2.43. The van der Waals surface area contributed by atoms with Gasteiger partial charge in [-0.3, -0.25) is 0 Å². The van der Waals surface area contributed by atoms with E-state index in [9.17, 15) is 10.2 Å². The van der Waals surface area contributed by atoms with Crippen LogP contribution in [-0.2, 0) is 15.9 Å². The van der Waals surface area contributed by atoms with E-state index >= 15 is 0 Å². The van der Waals surface area contributed by atoms with E-state index in [1.807, 2.05) is 48.5 Å². The molecule has 0 aliphatic carbocycles. The van der Waals surface area contributed by atoms with Gasteiger partial charge in [-0.2, -0.15) is 0 Å². The predicted octanol–water partition coefficient (Wildman–Crippen LogP) is 11.5. The Morgan fingerprint density at radius 2 is 0.889 bits per heavy atom. The van der Waals surface area contributed by atoms with E-state index in [2.05, 4.69) is 77.9 Å². The molecule has 8 heteroatoms. The molecule has 4 aromatic carbocycles. The molecular formula is C37H44O4S4. The van der Waals surface area contributed by atoms with Crippen molar-refractivity contribution in [3.8, 4) is 11.5 Å². The largest absolute Gasteiger partial charge is 0.508 e. The Bertz CT molecular complexity index is 1510. The second-order valence-electron chi connectivity index (χ2n) is 13.3. The second-order valence-corrected chi connectivity index (χ2v) is 17.9. The summed E-state index contributed by atoms with van der Waals surface area (Å²) in [5.74, 6) is 1.11. The van der Waals surface area contributed by atoms with Crippen molar-refractivity contribution in [3.63, 3.8) is 0 Å². The van der Waals surface area contributed by atoms with Crippen molar-refractivity contribution in [1.29, 1.82) is 0 Å². The van der Waals surface area contributed by atoms with E-state index in [1.54, 1.807) is 69.2 Å². The Morgan fingerprint density at radius 3 is 1.31 bits per heavy atom. The SMILES string of the molecule is CC(C)(CC(C)(C)OC(C)(C)c1ccc(SSc2ccc(O)cc2)cc1)Oc1ccc(SSc2ccc(C(C)(C)O)cc2)cc1. The molecule has 4 aromatic rings. The van der Waals surface area contributed by atoms with Gasteiger partial charge >= 0.3 is 0 Å². The van der Waals surface area contributed by atoms with Crippen LogP contribution in [0.4, 0.5) is 0 Å². The van der Waals surface area contributed by atoms with Crippen LogP contribution >= 0.6 is 43.2 Å². The molecule has 240 valence electrons. The fourth-order valence-electron chi connectivity index (χ4n) is 5.25. The highest BCUT2D eigenvalue weighted by atomic mass is 33.1. The van der Waals surface area contributed by atoms with Crippen molar-refractivity contribution < 1.29 is 19.7 Å². The number of ether oxygens (including phenoxy) is 2. The van der Waals surface area contributed by atoms with Gasteiger partial charge in [0.15, 0.2) is 0 Å². The summed E-state index contributed by atoms with van der Waals surface area (Å²) in [7, 11) is 6.75. The summed E-state index contributed by atoms with van der Waals surface area (Å²) in [6.45, 7) is 16.3. The highest BCUT2D eigenvalue weighted by molar-refractivity contribution is 8.77. The van der Waals surface area contributed by atoms with E-state index in [0.717, 1.165) is 36.5 Å². The number of hydrogen-bond donors (Lipinski definition) is 2. The number of aliphatic hydroxyl groups is 1. The topological polar surface area (TPSA) is 58.9 Å². The molecule has 0 bridgehead atoms. The Hall–Kier alpha value is -2.20. The number of phenols is 1. The first-order chi connectivity index (χ1) is 21.0. The van der Waals surface area contributed by atoms with Crippen LogP contribution in [-0.4, -0.2) is 21.4 Å². The molecule has 0 fully saturated rings. The minimum absolute atomic E-state index is 0.278. The van der Waals surface area contributed by atoms with E-state index < -0.39 is 22.4 Å².